The predicted molar refractivity (Wildman–Crippen MR) is 124 cm³/mol. The monoisotopic (exact) mass is 545 g/mol. The molecular formula is C24H15BrF3N3O4. The molecule has 0 aliphatic carbocycles. The van der Waals surface area contributed by atoms with Crippen LogP contribution in [0.5, 0.6) is 11.5 Å². The highest BCUT2D eigenvalue weighted by atomic mass is 79.9. The molecular weight excluding hydrogens is 531 g/mol. The van der Waals surface area contributed by atoms with E-state index in [2.05, 4.69) is 21.2 Å². The number of nitriles is 1. The lowest BCUT2D eigenvalue weighted by atomic mass is 10.1. The maximum atomic E-state index is 12.9. The third kappa shape index (κ3) is 6.68. The number of rotatable bonds is 7. The maximum absolute atomic E-state index is 12.9. The molecule has 3 rings (SSSR count). The molecule has 0 aromatic heterocycles. The first kappa shape index (κ1) is 25.5. The van der Waals surface area contributed by atoms with Crippen LogP contribution in [-0.2, 0) is 17.5 Å². The molecule has 35 heavy (non-hydrogen) atoms. The average Bonchev–Trinajstić information content (AvgIpc) is 2.82. The summed E-state index contributed by atoms with van der Waals surface area (Å²) in [6.07, 6.45) is -3.40. The summed E-state index contributed by atoms with van der Waals surface area (Å²) in [5, 5.41) is 23.3. The van der Waals surface area contributed by atoms with Crippen molar-refractivity contribution in [2.75, 3.05) is 0 Å². The molecule has 0 saturated heterocycles. The number of nitrogens with one attached hydrogen (secondary N) is 1. The Kier molecular flexibility index (Phi) is 7.88. The van der Waals surface area contributed by atoms with Crippen molar-refractivity contribution in [2.45, 2.75) is 12.7 Å². The van der Waals surface area contributed by atoms with Crippen molar-refractivity contribution in [3.63, 3.8) is 0 Å². The summed E-state index contributed by atoms with van der Waals surface area (Å²) in [4.78, 5) is 22.7. The third-order valence-corrected chi connectivity index (χ3v) is 5.25. The molecule has 178 valence electrons. The minimum absolute atomic E-state index is 0.0806. The largest absolute Gasteiger partial charge is 0.449 e. The Bertz CT molecular complexity index is 1340. The van der Waals surface area contributed by atoms with Crippen molar-refractivity contribution in [1.82, 2.24) is 5.32 Å². The topological polar surface area (TPSA) is 105 Å². The normalized spacial score (nSPS) is 11.5. The molecule has 0 radical (unpaired) electrons. The molecule has 3 aromatic rings. The summed E-state index contributed by atoms with van der Waals surface area (Å²) in [5.74, 6) is -0.879. The van der Waals surface area contributed by atoms with Crippen LogP contribution >= 0.6 is 15.9 Å². The van der Waals surface area contributed by atoms with Gasteiger partial charge >= 0.3 is 11.9 Å². The third-order valence-electron chi connectivity index (χ3n) is 4.63. The summed E-state index contributed by atoms with van der Waals surface area (Å²) in [7, 11) is 0. The van der Waals surface area contributed by atoms with Crippen molar-refractivity contribution in [3.05, 3.63) is 104 Å². The van der Waals surface area contributed by atoms with Gasteiger partial charge in [0.25, 0.3) is 5.91 Å². The van der Waals surface area contributed by atoms with Crippen molar-refractivity contribution < 1.29 is 27.6 Å². The fourth-order valence-electron chi connectivity index (χ4n) is 2.92. The van der Waals surface area contributed by atoms with Gasteiger partial charge in [0.15, 0.2) is 0 Å². The summed E-state index contributed by atoms with van der Waals surface area (Å²) in [6.45, 7) is 0.237. The second-order valence-electron chi connectivity index (χ2n) is 7.07. The molecule has 0 heterocycles. The van der Waals surface area contributed by atoms with E-state index in [0.29, 0.717) is 22.2 Å². The van der Waals surface area contributed by atoms with Crippen LogP contribution in [0.3, 0.4) is 0 Å². The van der Waals surface area contributed by atoms with Gasteiger partial charge in [0, 0.05) is 12.6 Å². The maximum Gasteiger partial charge on any atom is 0.416 e. The van der Waals surface area contributed by atoms with Gasteiger partial charge < -0.3 is 10.1 Å². The van der Waals surface area contributed by atoms with Gasteiger partial charge in [0.1, 0.15) is 17.4 Å². The molecule has 11 heteroatoms. The molecule has 0 unspecified atom stereocenters. The highest BCUT2D eigenvalue weighted by molar-refractivity contribution is 9.10. The van der Waals surface area contributed by atoms with E-state index in [4.69, 9.17) is 4.74 Å². The van der Waals surface area contributed by atoms with Crippen molar-refractivity contribution in [1.29, 1.82) is 5.26 Å². The molecule has 0 spiro atoms. The van der Waals surface area contributed by atoms with E-state index >= 15 is 0 Å². The zero-order valence-corrected chi connectivity index (χ0v) is 19.3. The number of nitro groups is 1. The number of nitrogens with zero attached hydrogens (tertiary/aromatic N) is 2. The molecule has 0 fully saturated rings. The second kappa shape index (κ2) is 10.8. The lowest BCUT2D eigenvalue weighted by molar-refractivity contribution is -0.385. The highest BCUT2D eigenvalue weighted by Crippen LogP contribution is 2.39. The summed E-state index contributed by atoms with van der Waals surface area (Å²) in [6, 6.07) is 17.3. The van der Waals surface area contributed by atoms with Crippen molar-refractivity contribution in [2.24, 2.45) is 0 Å². The van der Waals surface area contributed by atoms with Gasteiger partial charge in [-0.3, -0.25) is 14.9 Å². The number of halogens is 4. The number of benzene rings is 3. The van der Waals surface area contributed by atoms with Crippen LogP contribution in [0.25, 0.3) is 6.08 Å². The number of carbonyl (C=O) groups excluding carboxylic acids is 1. The van der Waals surface area contributed by atoms with E-state index < -0.39 is 28.3 Å². The van der Waals surface area contributed by atoms with Crippen LogP contribution in [0.4, 0.5) is 18.9 Å². The van der Waals surface area contributed by atoms with Gasteiger partial charge in [-0.05, 0) is 57.4 Å². The summed E-state index contributed by atoms with van der Waals surface area (Å²) in [5.41, 5.74) is -0.875. The molecule has 1 amide bonds. The van der Waals surface area contributed by atoms with E-state index in [1.54, 1.807) is 0 Å². The molecule has 0 bridgehead atoms. The zero-order valence-electron chi connectivity index (χ0n) is 17.7. The molecule has 0 aliphatic heterocycles. The Morgan fingerprint density at radius 3 is 2.40 bits per heavy atom. The van der Waals surface area contributed by atoms with Crippen LogP contribution in [-0.4, -0.2) is 10.8 Å². The standard InChI is InChI=1S/C24H15BrF3N3O4/c25-19-11-16(10-17(13-29)23(32)30-14-15-4-2-1-3-5-15)6-8-21(19)35-22-9-7-18(24(26,27)28)12-20(22)31(33)34/h1-12H,14H2,(H,30,32)/b17-10+. The fourth-order valence-corrected chi connectivity index (χ4v) is 3.40. The van der Waals surface area contributed by atoms with Gasteiger partial charge in [-0.15, -0.1) is 0 Å². The number of amides is 1. The highest BCUT2D eigenvalue weighted by Gasteiger charge is 2.33. The van der Waals surface area contributed by atoms with Gasteiger partial charge in [-0.25, -0.2) is 0 Å². The van der Waals surface area contributed by atoms with Gasteiger partial charge in [-0.1, -0.05) is 36.4 Å². The Morgan fingerprint density at radius 1 is 1.11 bits per heavy atom. The van der Waals surface area contributed by atoms with Crippen LogP contribution < -0.4 is 10.1 Å². The number of nitro benzene ring substituents is 1. The molecule has 0 atom stereocenters. The smallest absolute Gasteiger partial charge is 0.416 e. The first-order valence-corrected chi connectivity index (χ1v) is 10.6. The molecule has 0 aliphatic rings. The van der Waals surface area contributed by atoms with E-state index in [0.717, 1.165) is 11.6 Å². The Morgan fingerprint density at radius 2 is 1.80 bits per heavy atom. The van der Waals surface area contributed by atoms with E-state index in [-0.39, 0.29) is 23.6 Å². The molecule has 0 saturated carbocycles. The van der Waals surface area contributed by atoms with Gasteiger partial charge in [0.2, 0.25) is 5.75 Å². The van der Waals surface area contributed by atoms with Crippen LogP contribution in [0.2, 0.25) is 0 Å². The number of ether oxygens (including phenoxy) is 1. The molecule has 7 nitrogen and oxygen atoms in total. The number of hydrogen-bond acceptors (Lipinski definition) is 5. The van der Waals surface area contributed by atoms with Crippen LogP contribution in [0, 0.1) is 21.4 Å². The predicted octanol–water partition coefficient (Wildman–Crippen LogP) is 6.39. The summed E-state index contributed by atoms with van der Waals surface area (Å²) >= 11 is 3.24. The number of alkyl halides is 3. The Labute approximate surface area is 205 Å². The zero-order chi connectivity index (χ0) is 25.6. The van der Waals surface area contributed by atoms with Crippen molar-refractivity contribution >= 4 is 33.6 Å². The quantitative estimate of drug-likeness (QED) is 0.160. The SMILES string of the molecule is N#C/C(=C\c1ccc(Oc2ccc(C(F)(F)F)cc2[N+](=O)[O-])c(Br)c1)C(=O)NCc1ccccc1. The van der Waals surface area contributed by atoms with E-state index in [9.17, 15) is 33.3 Å². The van der Waals surface area contributed by atoms with Crippen LogP contribution in [0.1, 0.15) is 16.7 Å². The van der Waals surface area contributed by atoms with Gasteiger partial charge in [0.05, 0.1) is 15.0 Å². The van der Waals surface area contributed by atoms with E-state index in [1.165, 1.54) is 24.3 Å². The molecule has 1 N–H and O–H groups in total. The lowest BCUT2D eigenvalue weighted by Gasteiger charge is -2.11. The summed E-state index contributed by atoms with van der Waals surface area (Å²) < 4.78 is 44.5. The lowest BCUT2D eigenvalue weighted by Crippen LogP contribution is -2.23. The van der Waals surface area contributed by atoms with Gasteiger partial charge in [-0.2, -0.15) is 18.4 Å². The minimum atomic E-state index is -4.75. The fraction of sp³-hybridized carbons (Fsp3) is 0.0833. The first-order valence-electron chi connectivity index (χ1n) is 9.85. The Balaban J connectivity index is 1.79. The number of hydrogen-bond donors (Lipinski definition) is 1. The second-order valence-corrected chi connectivity index (χ2v) is 7.92. The van der Waals surface area contributed by atoms with Crippen LogP contribution in [0.15, 0.2) is 76.8 Å². The number of carbonyl (C=O) groups is 1. The average molecular weight is 546 g/mol. The Hall–Kier alpha value is -4.17. The van der Waals surface area contributed by atoms with E-state index in [1.807, 2.05) is 36.4 Å². The molecule has 3 aromatic carbocycles. The minimum Gasteiger partial charge on any atom is -0.449 e. The van der Waals surface area contributed by atoms with Crippen molar-refractivity contribution in [3.8, 4) is 17.6 Å². The first-order chi connectivity index (χ1) is 16.6.